The van der Waals surface area contributed by atoms with Gasteiger partial charge in [0, 0.05) is 12.1 Å². The summed E-state index contributed by atoms with van der Waals surface area (Å²) in [5.74, 6) is -1.11. The van der Waals surface area contributed by atoms with Gasteiger partial charge in [-0.3, -0.25) is 4.72 Å². The lowest BCUT2D eigenvalue weighted by Crippen LogP contribution is -2.35. The first-order valence-corrected chi connectivity index (χ1v) is 6.07. The predicted octanol–water partition coefficient (Wildman–Crippen LogP) is 1.19. The predicted molar refractivity (Wildman–Crippen MR) is 58.9 cm³/mol. The van der Waals surface area contributed by atoms with E-state index in [1.807, 2.05) is 0 Å². The zero-order chi connectivity index (χ0) is 12.3. The molecule has 0 saturated heterocycles. The van der Waals surface area contributed by atoms with Crippen molar-refractivity contribution in [3.8, 4) is 5.75 Å². The van der Waals surface area contributed by atoms with Gasteiger partial charge in [0.2, 0.25) is 0 Å². The average Bonchev–Trinajstić information content (AvgIpc) is 2.07. The van der Waals surface area contributed by atoms with E-state index in [9.17, 15) is 17.9 Å². The van der Waals surface area contributed by atoms with Crippen LogP contribution in [0.4, 0.5) is 10.1 Å². The van der Waals surface area contributed by atoms with E-state index in [0.29, 0.717) is 0 Å². The van der Waals surface area contributed by atoms with Crippen LogP contribution in [0.25, 0.3) is 0 Å². The van der Waals surface area contributed by atoms with Crippen molar-refractivity contribution in [2.75, 3.05) is 4.72 Å². The second kappa shape index (κ2) is 4.67. The van der Waals surface area contributed by atoms with Gasteiger partial charge in [0.05, 0.1) is 5.69 Å². The molecule has 0 heterocycles. The van der Waals surface area contributed by atoms with E-state index >= 15 is 0 Å². The fourth-order valence-electron chi connectivity index (χ4n) is 1.08. The van der Waals surface area contributed by atoms with Crippen LogP contribution in [0.15, 0.2) is 18.2 Å². The molecule has 0 aliphatic carbocycles. The Morgan fingerprint density at radius 1 is 1.38 bits per heavy atom. The number of benzene rings is 1. The minimum absolute atomic E-state index is 0.0745. The van der Waals surface area contributed by atoms with E-state index in [0.717, 1.165) is 18.2 Å². The lowest BCUT2D eigenvalue weighted by Gasteiger charge is -2.12. The number of hydrogen-bond donors (Lipinski definition) is 3. The van der Waals surface area contributed by atoms with Gasteiger partial charge in [0.25, 0.3) is 10.2 Å². The highest BCUT2D eigenvalue weighted by Gasteiger charge is 2.13. The summed E-state index contributed by atoms with van der Waals surface area (Å²) in [6.45, 7) is 3.31. The van der Waals surface area contributed by atoms with Crippen molar-refractivity contribution in [3.05, 3.63) is 24.0 Å². The number of phenolic OH excluding ortho intramolecular Hbond substituents is 1. The molecule has 1 rings (SSSR count). The summed E-state index contributed by atoms with van der Waals surface area (Å²) in [5, 5.41) is 9.29. The maximum absolute atomic E-state index is 12.6. The smallest absolute Gasteiger partial charge is 0.299 e. The molecule has 0 saturated carbocycles. The molecule has 1 aromatic carbocycles. The molecule has 0 aliphatic heterocycles. The van der Waals surface area contributed by atoms with Gasteiger partial charge < -0.3 is 5.11 Å². The highest BCUT2D eigenvalue weighted by molar-refractivity contribution is 7.90. The molecule has 0 fully saturated rings. The van der Waals surface area contributed by atoms with Crippen LogP contribution >= 0.6 is 0 Å². The van der Waals surface area contributed by atoms with E-state index in [1.165, 1.54) is 0 Å². The van der Waals surface area contributed by atoms with Crippen molar-refractivity contribution in [2.45, 2.75) is 19.9 Å². The lowest BCUT2D eigenvalue weighted by molar-refractivity contribution is 0.471. The molecule has 0 unspecified atom stereocenters. The second-order valence-electron chi connectivity index (χ2n) is 3.54. The molecule has 1 aromatic rings. The van der Waals surface area contributed by atoms with Gasteiger partial charge in [-0.25, -0.2) is 4.39 Å². The molecule has 0 radical (unpaired) electrons. The summed E-state index contributed by atoms with van der Waals surface area (Å²) < 4.78 is 39.8. The quantitative estimate of drug-likeness (QED) is 0.700. The Hall–Kier alpha value is -1.34. The van der Waals surface area contributed by atoms with E-state index in [1.54, 1.807) is 13.8 Å². The van der Waals surface area contributed by atoms with Crippen LogP contribution in [0, 0.1) is 5.82 Å². The number of nitrogens with one attached hydrogen (secondary N) is 2. The zero-order valence-electron chi connectivity index (χ0n) is 8.86. The Labute approximate surface area is 93.5 Å². The number of phenols is 1. The van der Waals surface area contributed by atoms with E-state index < -0.39 is 21.8 Å². The third-order valence-electron chi connectivity index (χ3n) is 1.59. The van der Waals surface area contributed by atoms with Crippen LogP contribution in [0.2, 0.25) is 0 Å². The molecule has 0 atom stereocenters. The molecular weight excluding hydrogens is 235 g/mol. The molecule has 0 spiro atoms. The van der Waals surface area contributed by atoms with Crippen molar-refractivity contribution in [1.29, 1.82) is 0 Å². The first kappa shape index (κ1) is 12.7. The van der Waals surface area contributed by atoms with Crippen LogP contribution < -0.4 is 9.44 Å². The summed E-state index contributed by atoms with van der Waals surface area (Å²) in [6.07, 6.45) is 0. The first-order valence-electron chi connectivity index (χ1n) is 4.59. The van der Waals surface area contributed by atoms with Crippen LogP contribution in [0.5, 0.6) is 5.75 Å². The number of halogens is 1. The Morgan fingerprint density at radius 3 is 2.50 bits per heavy atom. The van der Waals surface area contributed by atoms with E-state index in [2.05, 4.69) is 9.44 Å². The third-order valence-corrected chi connectivity index (χ3v) is 2.87. The summed E-state index contributed by atoms with van der Waals surface area (Å²) in [6, 6.07) is 2.74. The largest absolute Gasteiger partial charge is 0.506 e. The number of aromatic hydroxyl groups is 1. The van der Waals surface area contributed by atoms with Crippen LogP contribution in [0.1, 0.15) is 13.8 Å². The lowest BCUT2D eigenvalue weighted by atomic mass is 10.3. The summed E-state index contributed by atoms with van der Waals surface area (Å²) in [4.78, 5) is 0. The molecule has 0 aliphatic rings. The first-order chi connectivity index (χ1) is 7.30. The molecule has 5 nitrogen and oxygen atoms in total. The Morgan fingerprint density at radius 2 is 2.00 bits per heavy atom. The average molecular weight is 248 g/mol. The summed E-state index contributed by atoms with van der Waals surface area (Å²) in [5.41, 5.74) is -0.0745. The zero-order valence-corrected chi connectivity index (χ0v) is 9.68. The van der Waals surface area contributed by atoms with Crippen molar-refractivity contribution in [2.24, 2.45) is 0 Å². The SMILES string of the molecule is CC(C)NS(=O)(=O)Nc1ccc(F)cc1O. The Bertz CT molecular complexity index is 474. The van der Waals surface area contributed by atoms with Gasteiger partial charge in [0.1, 0.15) is 11.6 Å². The highest BCUT2D eigenvalue weighted by Crippen LogP contribution is 2.24. The Balaban J connectivity index is 2.88. The van der Waals surface area contributed by atoms with Gasteiger partial charge in [0.15, 0.2) is 0 Å². The summed E-state index contributed by atoms with van der Waals surface area (Å²) in [7, 11) is -3.75. The topological polar surface area (TPSA) is 78.4 Å². The van der Waals surface area contributed by atoms with E-state index in [-0.39, 0.29) is 11.7 Å². The number of hydrogen-bond acceptors (Lipinski definition) is 3. The highest BCUT2D eigenvalue weighted by atomic mass is 32.2. The van der Waals surface area contributed by atoms with Crippen molar-refractivity contribution < 1.29 is 17.9 Å². The molecule has 90 valence electrons. The molecule has 3 N–H and O–H groups in total. The molecular formula is C9H13FN2O3S. The third kappa shape index (κ3) is 3.67. The van der Waals surface area contributed by atoms with Gasteiger partial charge in [-0.15, -0.1) is 0 Å². The van der Waals surface area contributed by atoms with Gasteiger partial charge in [-0.1, -0.05) is 0 Å². The van der Waals surface area contributed by atoms with Gasteiger partial charge in [-0.05, 0) is 26.0 Å². The minimum atomic E-state index is -3.75. The standard InChI is InChI=1S/C9H13FN2O3S/c1-6(2)11-16(14,15)12-8-4-3-7(10)5-9(8)13/h3-6,11-13H,1-2H3. The van der Waals surface area contributed by atoms with Gasteiger partial charge in [-0.2, -0.15) is 13.1 Å². The Kier molecular flexibility index (Phi) is 3.71. The monoisotopic (exact) mass is 248 g/mol. The molecule has 0 bridgehead atoms. The number of anilines is 1. The second-order valence-corrected chi connectivity index (χ2v) is 4.99. The molecule has 16 heavy (non-hydrogen) atoms. The van der Waals surface area contributed by atoms with Crippen molar-refractivity contribution >= 4 is 15.9 Å². The number of rotatable bonds is 4. The molecule has 0 amide bonds. The normalized spacial score (nSPS) is 11.8. The fourth-order valence-corrected chi connectivity index (χ4v) is 2.22. The maximum atomic E-state index is 12.6. The minimum Gasteiger partial charge on any atom is -0.506 e. The van der Waals surface area contributed by atoms with Crippen molar-refractivity contribution in [1.82, 2.24) is 4.72 Å². The molecule has 0 aromatic heterocycles. The van der Waals surface area contributed by atoms with Gasteiger partial charge >= 0.3 is 0 Å². The van der Waals surface area contributed by atoms with Crippen LogP contribution in [0.3, 0.4) is 0 Å². The summed E-state index contributed by atoms with van der Waals surface area (Å²) >= 11 is 0. The maximum Gasteiger partial charge on any atom is 0.299 e. The fraction of sp³-hybridized carbons (Fsp3) is 0.333. The van der Waals surface area contributed by atoms with Crippen molar-refractivity contribution in [3.63, 3.8) is 0 Å². The van der Waals surface area contributed by atoms with Crippen LogP contribution in [-0.4, -0.2) is 19.6 Å². The van der Waals surface area contributed by atoms with Crippen LogP contribution in [-0.2, 0) is 10.2 Å². The van der Waals surface area contributed by atoms with E-state index in [4.69, 9.17) is 0 Å². The molecule has 7 heteroatoms.